The van der Waals surface area contributed by atoms with Crippen molar-refractivity contribution in [3.63, 3.8) is 0 Å². The van der Waals surface area contributed by atoms with E-state index >= 15 is 0 Å². The lowest BCUT2D eigenvalue weighted by Crippen LogP contribution is -2.61. The van der Waals surface area contributed by atoms with Crippen LogP contribution in [-0.2, 0) is 9.53 Å². The third-order valence-corrected chi connectivity index (χ3v) is 4.74. The summed E-state index contributed by atoms with van der Waals surface area (Å²) in [5, 5.41) is 0. The molecule has 3 aliphatic heterocycles. The van der Waals surface area contributed by atoms with Crippen molar-refractivity contribution in [2.75, 3.05) is 13.2 Å². The maximum Gasteiger partial charge on any atom is 0.243 e. The average Bonchev–Trinajstić information content (AvgIpc) is 2.58. The first-order chi connectivity index (χ1) is 8.21. The standard InChI is InChI=1S/C13H22N2O2/c14-13(6-8-17-9-7-13)12(16)15-10-2-1-3-11(15)5-4-10/h10-11H,1-9,14H2. The zero-order valence-electron chi connectivity index (χ0n) is 10.4. The fraction of sp³-hybridized carbons (Fsp3) is 0.923. The van der Waals surface area contributed by atoms with Crippen LogP contribution in [-0.4, -0.2) is 41.6 Å². The van der Waals surface area contributed by atoms with Crippen molar-refractivity contribution in [2.24, 2.45) is 5.73 Å². The van der Waals surface area contributed by atoms with Gasteiger partial charge in [-0.05, 0) is 44.9 Å². The van der Waals surface area contributed by atoms with E-state index in [1.807, 2.05) is 0 Å². The van der Waals surface area contributed by atoms with Gasteiger partial charge in [-0.15, -0.1) is 0 Å². The van der Waals surface area contributed by atoms with Crippen molar-refractivity contribution >= 4 is 5.91 Å². The highest BCUT2D eigenvalue weighted by atomic mass is 16.5. The summed E-state index contributed by atoms with van der Waals surface area (Å²) in [6.45, 7) is 1.26. The fourth-order valence-corrected chi connectivity index (χ4v) is 3.66. The van der Waals surface area contributed by atoms with Gasteiger partial charge in [-0.25, -0.2) is 0 Å². The Hall–Kier alpha value is -0.610. The summed E-state index contributed by atoms with van der Waals surface area (Å²) in [6.07, 6.45) is 7.36. The molecule has 1 amide bonds. The molecule has 3 saturated heterocycles. The quantitative estimate of drug-likeness (QED) is 0.742. The highest BCUT2D eigenvalue weighted by Gasteiger charge is 2.46. The molecule has 0 aliphatic carbocycles. The van der Waals surface area contributed by atoms with Gasteiger partial charge in [0, 0.05) is 25.3 Å². The lowest BCUT2D eigenvalue weighted by Gasteiger charge is -2.42. The zero-order valence-corrected chi connectivity index (χ0v) is 10.4. The number of hydrogen-bond donors (Lipinski definition) is 1. The van der Waals surface area contributed by atoms with Gasteiger partial charge in [0.15, 0.2) is 0 Å². The molecule has 0 aromatic heterocycles. The smallest absolute Gasteiger partial charge is 0.243 e. The number of rotatable bonds is 1. The normalized spacial score (nSPS) is 35.9. The lowest BCUT2D eigenvalue weighted by molar-refractivity contribution is -0.145. The first kappa shape index (κ1) is 11.5. The molecule has 0 spiro atoms. The summed E-state index contributed by atoms with van der Waals surface area (Å²) in [4.78, 5) is 14.8. The van der Waals surface area contributed by atoms with Crippen LogP contribution in [0.15, 0.2) is 0 Å². The number of nitrogens with zero attached hydrogens (tertiary/aromatic N) is 1. The maximum absolute atomic E-state index is 12.7. The number of carbonyl (C=O) groups excluding carboxylic acids is 1. The van der Waals surface area contributed by atoms with Gasteiger partial charge in [0.1, 0.15) is 0 Å². The van der Waals surface area contributed by atoms with Crippen molar-refractivity contribution in [3.05, 3.63) is 0 Å². The molecule has 96 valence electrons. The molecular formula is C13H22N2O2. The maximum atomic E-state index is 12.7. The number of ether oxygens (including phenoxy) is 1. The van der Waals surface area contributed by atoms with E-state index in [-0.39, 0.29) is 5.91 Å². The second-order valence-corrected chi connectivity index (χ2v) is 5.80. The van der Waals surface area contributed by atoms with Crippen LogP contribution < -0.4 is 5.73 Å². The van der Waals surface area contributed by atoms with E-state index in [0.717, 1.165) is 0 Å². The molecule has 4 heteroatoms. The predicted octanol–water partition coefficient (Wildman–Crippen LogP) is 1.04. The van der Waals surface area contributed by atoms with E-state index in [1.54, 1.807) is 0 Å². The van der Waals surface area contributed by atoms with E-state index in [4.69, 9.17) is 10.5 Å². The molecule has 0 aromatic rings. The Bertz CT molecular complexity index is 297. The van der Waals surface area contributed by atoms with Gasteiger partial charge in [-0.1, -0.05) is 0 Å². The van der Waals surface area contributed by atoms with Crippen molar-refractivity contribution in [2.45, 2.75) is 62.6 Å². The molecule has 3 fully saturated rings. The Morgan fingerprint density at radius 3 is 2.29 bits per heavy atom. The lowest BCUT2D eigenvalue weighted by atomic mass is 9.88. The second kappa shape index (κ2) is 4.25. The van der Waals surface area contributed by atoms with Crippen molar-refractivity contribution in [1.82, 2.24) is 4.90 Å². The zero-order chi connectivity index (χ0) is 11.9. The van der Waals surface area contributed by atoms with Gasteiger partial charge >= 0.3 is 0 Å². The van der Waals surface area contributed by atoms with Crippen LogP contribution in [0, 0.1) is 0 Å². The van der Waals surface area contributed by atoms with Crippen molar-refractivity contribution in [3.8, 4) is 0 Å². The number of carbonyl (C=O) groups is 1. The number of piperidine rings is 1. The van der Waals surface area contributed by atoms with Gasteiger partial charge < -0.3 is 15.4 Å². The molecule has 2 unspecified atom stereocenters. The van der Waals surface area contributed by atoms with Gasteiger partial charge in [0.25, 0.3) is 0 Å². The van der Waals surface area contributed by atoms with Crippen LogP contribution in [0.5, 0.6) is 0 Å². The highest BCUT2D eigenvalue weighted by molar-refractivity contribution is 5.87. The fourth-order valence-electron chi connectivity index (χ4n) is 3.66. The molecule has 2 atom stereocenters. The summed E-state index contributed by atoms with van der Waals surface area (Å²) in [6, 6.07) is 0.953. The third kappa shape index (κ3) is 1.87. The minimum Gasteiger partial charge on any atom is -0.381 e. The summed E-state index contributed by atoms with van der Waals surface area (Å²) >= 11 is 0. The number of fused-ring (bicyclic) bond motifs is 2. The molecule has 0 saturated carbocycles. The van der Waals surface area contributed by atoms with Crippen molar-refractivity contribution < 1.29 is 9.53 Å². The Morgan fingerprint density at radius 1 is 1.12 bits per heavy atom. The minimum atomic E-state index is -0.642. The van der Waals surface area contributed by atoms with E-state index in [0.29, 0.717) is 38.1 Å². The van der Waals surface area contributed by atoms with Gasteiger partial charge in [-0.3, -0.25) is 4.79 Å². The summed E-state index contributed by atoms with van der Waals surface area (Å²) < 4.78 is 5.32. The van der Waals surface area contributed by atoms with Crippen LogP contribution in [0.25, 0.3) is 0 Å². The van der Waals surface area contributed by atoms with E-state index < -0.39 is 5.54 Å². The molecule has 3 heterocycles. The van der Waals surface area contributed by atoms with Crippen LogP contribution in [0.2, 0.25) is 0 Å². The Morgan fingerprint density at radius 2 is 1.71 bits per heavy atom. The summed E-state index contributed by atoms with van der Waals surface area (Å²) in [5.74, 6) is 0.202. The second-order valence-electron chi connectivity index (χ2n) is 5.80. The van der Waals surface area contributed by atoms with E-state index in [9.17, 15) is 4.79 Å². The predicted molar refractivity (Wildman–Crippen MR) is 64.5 cm³/mol. The third-order valence-electron chi connectivity index (χ3n) is 4.74. The Kier molecular flexibility index (Phi) is 2.87. The summed E-state index contributed by atoms with van der Waals surface area (Å²) in [7, 11) is 0. The van der Waals surface area contributed by atoms with E-state index in [1.165, 1.54) is 32.1 Å². The molecule has 3 aliphatic rings. The SMILES string of the molecule is NC1(C(=O)N2C3CCCC2CC3)CCOCC1. The van der Waals surface area contributed by atoms with Crippen LogP contribution in [0.1, 0.15) is 44.9 Å². The number of amides is 1. The van der Waals surface area contributed by atoms with Gasteiger partial charge in [0.05, 0.1) is 5.54 Å². The number of hydrogen-bond acceptors (Lipinski definition) is 3. The molecular weight excluding hydrogens is 216 g/mol. The monoisotopic (exact) mass is 238 g/mol. The average molecular weight is 238 g/mol. The molecule has 3 rings (SSSR count). The highest BCUT2D eigenvalue weighted by Crippen LogP contribution is 2.37. The molecule has 2 bridgehead atoms. The first-order valence-corrected chi connectivity index (χ1v) is 6.90. The van der Waals surface area contributed by atoms with Crippen LogP contribution in [0.3, 0.4) is 0 Å². The molecule has 17 heavy (non-hydrogen) atoms. The molecule has 0 radical (unpaired) electrons. The molecule has 2 N–H and O–H groups in total. The first-order valence-electron chi connectivity index (χ1n) is 6.90. The Balaban J connectivity index is 1.77. The van der Waals surface area contributed by atoms with E-state index in [2.05, 4.69) is 4.90 Å². The molecule has 0 aromatic carbocycles. The largest absolute Gasteiger partial charge is 0.381 e. The van der Waals surface area contributed by atoms with Crippen LogP contribution >= 0.6 is 0 Å². The topological polar surface area (TPSA) is 55.6 Å². The molecule has 4 nitrogen and oxygen atoms in total. The number of nitrogens with two attached hydrogens (primary N) is 1. The van der Waals surface area contributed by atoms with Gasteiger partial charge in [0.2, 0.25) is 5.91 Å². The summed E-state index contributed by atoms with van der Waals surface area (Å²) in [5.41, 5.74) is 5.67. The Labute approximate surface area is 102 Å². The van der Waals surface area contributed by atoms with Gasteiger partial charge in [-0.2, -0.15) is 0 Å². The van der Waals surface area contributed by atoms with Crippen molar-refractivity contribution in [1.29, 1.82) is 0 Å². The van der Waals surface area contributed by atoms with Crippen LogP contribution in [0.4, 0.5) is 0 Å². The minimum absolute atomic E-state index is 0.202.